The number of hydrogen-bond donors (Lipinski definition) is 2. The predicted octanol–water partition coefficient (Wildman–Crippen LogP) is -0.769. The van der Waals surface area contributed by atoms with Crippen molar-refractivity contribution < 1.29 is 47.8 Å². The molecular formula is C11H18O9. The van der Waals surface area contributed by atoms with Crippen LogP contribution in [-0.2, 0) is 33.4 Å². The minimum atomic E-state index is -3.25. The van der Waals surface area contributed by atoms with E-state index < -0.39 is 42.6 Å². The minimum absolute atomic E-state index is 0.0940. The van der Waals surface area contributed by atoms with E-state index in [1.165, 1.54) is 0 Å². The van der Waals surface area contributed by atoms with Crippen LogP contribution in [-0.4, -0.2) is 66.7 Å². The second-order valence-corrected chi connectivity index (χ2v) is 4.90. The predicted molar refractivity (Wildman–Crippen MR) is 60.2 cm³/mol. The number of methoxy groups -OCH3 is 2. The third kappa shape index (κ3) is 1.94. The van der Waals surface area contributed by atoms with Crippen LogP contribution in [0.4, 0.5) is 0 Å². The number of hydrogen-bond acceptors (Lipinski definition) is 9. The van der Waals surface area contributed by atoms with Crippen LogP contribution in [0.1, 0.15) is 18.0 Å². The summed E-state index contributed by atoms with van der Waals surface area (Å²) in [5.41, 5.74) is 0. The van der Waals surface area contributed by atoms with Crippen LogP contribution in [0.5, 0.6) is 0 Å². The molecule has 116 valence electrons. The Balaban J connectivity index is 2.40. The van der Waals surface area contributed by atoms with Gasteiger partial charge in [-0.3, -0.25) is 0 Å². The molecule has 2 rings (SSSR count). The summed E-state index contributed by atoms with van der Waals surface area (Å²) in [5, 5.41) is 19.7. The second kappa shape index (κ2) is 4.88. The van der Waals surface area contributed by atoms with E-state index in [1.807, 2.05) is 0 Å². The van der Waals surface area contributed by atoms with Crippen LogP contribution in [0.25, 0.3) is 0 Å². The van der Waals surface area contributed by atoms with Crippen molar-refractivity contribution in [2.24, 2.45) is 0 Å². The lowest BCUT2D eigenvalue weighted by Crippen LogP contribution is -2.64. The highest BCUT2D eigenvalue weighted by Gasteiger charge is 2.75. The molecule has 9 nitrogen and oxygen atoms in total. The van der Waals surface area contributed by atoms with Crippen LogP contribution in [0, 0.1) is 0 Å². The Kier molecular flexibility index (Phi) is 2.88. The van der Waals surface area contributed by atoms with Crippen molar-refractivity contribution in [1.82, 2.24) is 0 Å². The molecule has 0 aromatic carbocycles. The molecule has 9 heteroatoms. The number of carbonyl (C=O) groups is 1. The first-order chi connectivity index (χ1) is 10.4. The first-order valence-electron chi connectivity index (χ1n) is 7.24. The maximum atomic E-state index is 12.0. The molecule has 2 heterocycles. The topological polar surface area (TPSA) is 113 Å². The fourth-order valence-corrected chi connectivity index (χ4v) is 2.31. The molecule has 0 amide bonds. The summed E-state index contributed by atoms with van der Waals surface area (Å²) in [4.78, 5) is 16.2. The standard InChI is InChI=1S/C11H18O9/c1-9(2)17-5-6(19-9)7-11(16-4,20-14)10(13,15-3)8(12)18-7/h6-7,13-14H,5H2,1-4H3/i3D3. The van der Waals surface area contributed by atoms with Gasteiger partial charge >= 0.3 is 17.5 Å². The molecule has 2 aliphatic heterocycles. The van der Waals surface area contributed by atoms with Gasteiger partial charge in [0.25, 0.3) is 0 Å². The summed E-state index contributed by atoms with van der Waals surface area (Å²) in [5.74, 6) is -8.48. The van der Waals surface area contributed by atoms with Crippen LogP contribution >= 0.6 is 0 Å². The van der Waals surface area contributed by atoms with E-state index in [-0.39, 0.29) is 6.61 Å². The van der Waals surface area contributed by atoms with Crippen molar-refractivity contribution in [1.29, 1.82) is 0 Å². The van der Waals surface area contributed by atoms with E-state index in [2.05, 4.69) is 9.62 Å². The monoisotopic (exact) mass is 297 g/mol. The number of cyclic esters (lactones) is 1. The van der Waals surface area contributed by atoms with E-state index in [1.54, 1.807) is 13.8 Å². The SMILES string of the molecule is [2H]C([2H])([2H])OC1(O)C(=O)OC(C2COC(C)(C)O2)C1(OC)OO. The summed E-state index contributed by atoms with van der Waals surface area (Å²) in [6, 6.07) is 0. The van der Waals surface area contributed by atoms with Crippen molar-refractivity contribution in [2.75, 3.05) is 20.8 Å². The van der Waals surface area contributed by atoms with E-state index in [4.69, 9.17) is 23.1 Å². The third-order valence-corrected chi connectivity index (χ3v) is 3.31. The smallest absolute Gasteiger partial charge is 0.373 e. The Bertz CT molecular complexity index is 476. The molecule has 0 saturated carbocycles. The van der Waals surface area contributed by atoms with Gasteiger partial charge in [0, 0.05) is 14.1 Å². The Morgan fingerprint density at radius 1 is 1.45 bits per heavy atom. The summed E-state index contributed by atoms with van der Waals surface area (Å²) in [6.07, 6.45) is -2.57. The van der Waals surface area contributed by atoms with Gasteiger partial charge in [0.2, 0.25) is 0 Å². The van der Waals surface area contributed by atoms with E-state index >= 15 is 0 Å². The van der Waals surface area contributed by atoms with Gasteiger partial charge in [-0.1, -0.05) is 0 Å². The largest absolute Gasteiger partial charge is 0.449 e. The quantitative estimate of drug-likeness (QED) is 0.299. The molecule has 20 heavy (non-hydrogen) atoms. The molecule has 2 N–H and O–H groups in total. The van der Waals surface area contributed by atoms with Crippen LogP contribution < -0.4 is 0 Å². The van der Waals surface area contributed by atoms with E-state index in [0.717, 1.165) is 7.11 Å². The van der Waals surface area contributed by atoms with Crippen LogP contribution in [0.15, 0.2) is 0 Å². The molecule has 0 aliphatic carbocycles. The summed E-state index contributed by atoms with van der Waals surface area (Å²) < 4.78 is 46.2. The lowest BCUT2D eigenvalue weighted by Gasteiger charge is -2.36. The highest BCUT2D eigenvalue weighted by atomic mass is 17.2. The van der Waals surface area contributed by atoms with E-state index in [9.17, 15) is 15.2 Å². The molecule has 4 atom stereocenters. The number of carbonyl (C=O) groups excluding carboxylic acids is 1. The average Bonchev–Trinajstić information content (AvgIpc) is 2.85. The molecule has 0 radical (unpaired) electrons. The van der Waals surface area contributed by atoms with Gasteiger partial charge in [-0.15, -0.1) is 0 Å². The normalized spacial score (nSPS) is 46.6. The van der Waals surface area contributed by atoms with Crippen molar-refractivity contribution in [3.63, 3.8) is 0 Å². The van der Waals surface area contributed by atoms with Gasteiger partial charge < -0.3 is 28.8 Å². The molecular weight excluding hydrogens is 276 g/mol. The minimum Gasteiger partial charge on any atom is -0.449 e. The lowest BCUT2D eigenvalue weighted by molar-refractivity contribution is -0.471. The number of rotatable bonds is 4. The second-order valence-electron chi connectivity index (χ2n) is 4.90. The first kappa shape index (κ1) is 11.8. The van der Waals surface area contributed by atoms with Crippen molar-refractivity contribution in [3.05, 3.63) is 0 Å². The number of aliphatic hydroxyl groups is 1. The molecule has 0 bridgehead atoms. The summed E-state index contributed by atoms with van der Waals surface area (Å²) in [7, 11) is -2.25. The maximum Gasteiger partial charge on any atom is 0.373 e. The molecule has 4 unspecified atom stereocenters. The van der Waals surface area contributed by atoms with Gasteiger partial charge in [-0.25, -0.2) is 10.1 Å². The van der Waals surface area contributed by atoms with Crippen molar-refractivity contribution >= 4 is 5.97 Å². The maximum absolute atomic E-state index is 12.0. The summed E-state index contributed by atoms with van der Waals surface area (Å²) >= 11 is 0. The Morgan fingerprint density at radius 2 is 2.15 bits per heavy atom. The Labute approximate surface area is 119 Å². The number of ether oxygens (including phenoxy) is 5. The highest BCUT2D eigenvalue weighted by molar-refractivity contribution is 5.82. The van der Waals surface area contributed by atoms with Gasteiger partial charge in [0.1, 0.15) is 6.10 Å². The molecule has 2 aliphatic rings. The third-order valence-electron chi connectivity index (χ3n) is 3.31. The summed E-state index contributed by atoms with van der Waals surface area (Å²) in [6.45, 7) is 3.08. The Morgan fingerprint density at radius 3 is 2.60 bits per heavy atom. The molecule has 2 saturated heterocycles. The zero-order valence-corrected chi connectivity index (χ0v) is 11.1. The Hall–Kier alpha value is -0.810. The van der Waals surface area contributed by atoms with Crippen LogP contribution in [0.2, 0.25) is 0 Å². The number of esters is 1. The fourth-order valence-electron chi connectivity index (χ4n) is 2.31. The molecule has 0 spiro atoms. The fraction of sp³-hybridized carbons (Fsp3) is 0.909. The molecule has 0 aromatic heterocycles. The van der Waals surface area contributed by atoms with E-state index in [0.29, 0.717) is 0 Å². The highest BCUT2D eigenvalue weighted by Crippen LogP contribution is 2.44. The van der Waals surface area contributed by atoms with Gasteiger partial charge in [0.05, 0.1) is 10.7 Å². The van der Waals surface area contributed by atoms with Gasteiger partial charge in [-0.2, -0.15) is 4.89 Å². The van der Waals surface area contributed by atoms with Crippen molar-refractivity contribution in [2.45, 2.75) is 43.4 Å². The van der Waals surface area contributed by atoms with Gasteiger partial charge in [-0.05, 0) is 13.8 Å². The van der Waals surface area contributed by atoms with Crippen LogP contribution in [0.3, 0.4) is 0 Å². The average molecular weight is 297 g/mol. The lowest BCUT2D eigenvalue weighted by atomic mass is 9.99. The van der Waals surface area contributed by atoms with Gasteiger partial charge in [0.15, 0.2) is 11.9 Å². The van der Waals surface area contributed by atoms with Crippen molar-refractivity contribution in [3.8, 4) is 0 Å². The molecule has 0 aromatic rings. The zero-order chi connectivity index (χ0) is 17.7. The molecule has 2 fully saturated rings. The first-order valence-corrected chi connectivity index (χ1v) is 5.74. The zero-order valence-electron chi connectivity index (χ0n) is 14.1.